The van der Waals surface area contributed by atoms with Gasteiger partial charge in [-0.15, -0.1) is 0 Å². The highest BCUT2D eigenvalue weighted by molar-refractivity contribution is 7.96. The van der Waals surface area contributed by atoms with Crippen LogP contribution < -0.4 is 15.9 Å². The van der Waals surface area contributed by atoms with E-state index in [0.717, 1.165) is 29.8 Å². The molecule has 0 saturated carbocycles. The van der Waals surface area contributed by atoms with Gasteiger partial charge in [-0.2, -0.15) is 0 Å². The maximum atomic E-state index is 14.2. The zero-order chi connectivity index (χ0) is 23.7. The number of hydrogen-bond acceptors (Lipinski definition) is 2. The van der Waals surface area contributed by atoms with Gasteiger partial charge in [0.15, 0.2) is 5.66 Å². The van der Waals surface area contributed by atoms with Crippen LogP contribution in [0.15, 0.2) is 115 Å². The summed E-state index contributed by atoms with van der Waals surface area (Å²) in [6.45, 7) is 1.23. The first kappa shape index (κ1) is 21.8. The smallest absolute Gasteiger partial charge is 0.265 e. The lowest BCUT2D eigenvalue weighted by atomic mass is 10.3. The first-order valence-corrected chi connectivity index (χ1v) is 13.9. The van der Waals surface area contributed by atoms with Crippen molar-refractivity contribution in [3.8, 4) is 0 Å². The number of nitrogens with one attached hydrogen (secondary N) is 1. The summed E-state index contributed by atoms with van der Waals surface area (Å²) in [6, 6.07) is 40.0. The molecule has 1 N–H and O–H groups in total. The normalized spacial score (nSPS) is 16.2. The molecule has 172 valence electrons. The molecule has 1 amide bonds. The summed E-state index contributed by atoms with van der Waals surface area (Å²) in [5.41, 5.74) is 1.83. The van der Waals surface area contributed by atoms with Gasteiger partial charge in [0.2, 0.25) is 0 Å². The Bertz CT molecular complexity index is 1320. The van der Waals surface area contributed by atoms with Gasteiger partial charge in [-0.05, 0) is 48.5 Å². The van der Waals surface area contributed by atoms with Crippen LogP contribution in [0.5, 0.6) is 0 Å². The Kier molecular flexibility index (Phi) is 5.67. The Morgan fingerprint density at radius 3 is 1.80 bits per heavy atom. The summed E-state index contributed by atoms with van der Waals surface area (Å²) in [5, 5.41) is 3.75. The van der Waals surface area contributed by atoms with Crippen LogP contribution in [0.25, 0.3) is 11.0 Å². The van der Waals surface area contributed by atoms with Crippen LogP contribution in [-0.2, 0) is 11.3 Å². The molecule has 0 spiro atoms. The zero-order valence-electron chi connectivity index (χ0n) is 19.4. The van der Waals surface area contributed by atoms with Gasteiger partial charge in [0.05, 0.1) is 17.6 Å². The fourth-order valence-electron chi connectivity index (χ4n) is 5.48. The predicted octanol–water partition coefficient (Wildman–Crippen LogP) is 4.66. The van der Waals surface area contributed by atoms with E-state index in [2.05, 4.69) is 96.0 Å². The van der Waals surface area contributed by atoms with Crippen LogP contribution in [-0.4, -0.2) is 33.0 Å². The number of nitrogens with zero attached hydrogens (tertiary/aromatic N) is 2. The molecule has 1 atom stereocenters. The number of hydrogen-bond donors (Lipinski definition) is 1. The third-order valence-electron chi connectivity index (χ3n) is 7.01. The van der Waals surface area contributed by atoms with Crippen molar-refractivity contribution in [3.05, 3.63) is 121 Å². The average Bonchev–Trinajstić information content (AvgIpc) is 3.50. The number of benzene rings is 4. The maximum Gasteiger partial charge on any atom is 0.265 e. The second-order valence-electron chi connectivity index (χ2n) is 8.99. The van der Waals surface area contributed by atoms with Crippen molar-refractivity contribution in [2.45, 2.75) is 18.6 Å². The Morgan fingerprint density at radius 1 is 0.743 bits per heavy atom. The Morgan fingerprint density at radius 2 is 1.26 bits per heavy atom. The lowest BCUT2D eigenvalue weighted by Crippen LogP contribution is -2.42. The van der Waals surface area contributed by atoms with E-state index in [0.29, 0.717) is 6.54 Å². The van der Waals surface area contributed by atoms with E-state index >= 15 is 0 Å². The lowest BCUT2D eigenvalue weighted by Gasteiger charge is -2.31. The second-order valence-corrected chi connectivity index (χ2v) is 12.6. The molecule has 1 fully saturated rings. The topological polar surface area (TPSA) is 49.0 Å². The fraction of sp³-hybridized carbons (Fsp3) is 0.133. The number of para-hydroxylation sites is 2. The maximum absolute atomic E-state index is 14.2. The number of aromatic nitrogens is 2. The van der Waals surface area contributed by atoms with E-state index in [9.17, 15) is 4.79 Å². The highest BCUT2D eigenvalue weighted by atomic mass is 31.2. The van der Waals surface area contributed by atoms with Crippen LogP contribution >= 0.6 is 7.26 Å². The van der Waals surface area contributed by atoms with E-state index in [4.69, 9.17) is 4.98 Å². The van der Waals surface area contributed by atoms with Crippen LogP contribution in [0.2, 0.25) is 0 Å². The Hall–Kier alpha value is -3.75. The Balaban J connectivity index is 1.45. The van der Waals surface area contributed by atoms with Crippen molar-refractivity contribution in [2.24, 2.45) is 0 Å². The minimum atomic E-state index is -2.25. The molecule has 1 saturated heterocycles. The van der Waals surface area contributed by atoms with E-state index in [1.165, 1.54) is 15.9 Å². The van der Waals surface area contributed by atoms with E-state index in [-0.39, 0.29) is 11.6 Å². The molecule has 5 aromatic rings. The number of carbonyl (C=O) groups is 1. The number of aromatic amines is 1. The number of rotatable bonds is 6. The van der Waals surface area contributed by atoms with Crippen molar-refractivity contribution in [1.82, 2.24) is 14.9 Å². The van der Waals surface area contributed by atoms with Gasteiger partial charge in [0, 0.05) is 13.0 Å². The number of amides is 1. The summed E-state index contributed by atoms with van der Waals surface area (Å²) >= 11 is 0. The molecule has 4 nitrogen and oxygen atoms in total. The quantitative estimate of drug-likeness (QED) is 0.363. The number of imidazole rings is 1. The van der Waals surface area contributed by atoms with Gasteiger partial charge < -0.3 is 9.88 Å². The molecule has 0 radical (unpaired) electrons. The second kappa shape index (κ2) is 9.13. The molecular formula is C30H27N3OP+. The van der Waals surface area contributed by atoms with Crippen molar-refractivity contribution in [3.63, 3.8) is 0 Å². The third-order valence-corrected chi connectivity index (χ3v) is 11.8. The number of carbonyl (C=O) groups excluding carboxylic acids is 1. The molecule has 4 aromatic carbocycles. The SMILES string of the molecule is O=C1[C@H]([P+](c2ccccc2)(c2ccccc2)c2ccccc2)CCN1Cc1nc2ccccc2[nH]1. The first-order chi connectivity index (χ1) is 17.3. The van der Waals surface area contributed by atoms with Crippen molar-refractivity contribution >= 4 is 40.1 Å². The molecule has 5 heteroatoms. The van der Waals surface area contributed by atoms with Gasteiger partial charge in [-0.1, -0.05) is 66.7 Å². The van der Waals surface area contributed by atoms with Crippen molar-refractivity contribution in [1.29, 1.82) is 0 Å². The molecule has 1 aliphatic heterocycles. The van der Waals surface area contributed by atoms with Gasteiger partial charge in [0.25, 0.3) is 5.91 Å². The van der Waals surface area contributed by atoms with Gasteiger partial charge in [0.1, 0.15) is 29.0 Å². The van der Waals surface area contributed by atoms with E-state index in [1.807, 2.05) is 29.2 Å². The standard InChI is InChI=1S/C30H27N3OP/c34-30-28(20-21-33(30)22-29-31-26-18-10-11-19-27(26)32-29)35(23-12-4-1-5-13-23,24-14-6-2-7-15-24)25-16-8-3-9-17-25/h1-19,28H,20-22H2,(H,31,32)/q+1/t28-/m1/s1. The summed E-state index contributed by atoms with van der Waals surface area (Å²) in [4.78, 5) is 24.3. The largest absolute Gasteiger partial charge is 0.340 e. The van der Waals surface area contributed by atoms with E-state index in [1.54, 1.807) is 0 Å². The average molecular weight is 477 g/mol. The molecular weight excluding hydrogens is 449 g/mol. The molecule has 6 rings (SSSR count). The number of likely N-dealkylation sites (tertiary alicyclic amines) is 1. The van der Waals surface area contributed by atoms with Crippen LogP contribution in [0.1, 0.15) is 12.2 Å². The van der Waals surface area contributed by atoms with Gasteiger partial charge >= 0.3 is 0 Å². The fourth-order valence-corrected chi connectivity index (χ4v) is 10.4. The minimum Gasteiger partial charge on any atom is -0.340 e. The Labute approximate surface area is 206 Å². The van der Waals surface area contributed by atoms with Crippen LogP contribution in [0, 0.1) is 0 Å². The van der Waals surface area contributed by atoms with Gasteiger partial charge in [-0.25, -0.2) is 4.98 Å². The molecule has 2 heterocycles. The van der Waals surface area contributed by atoms with Gasteiger partial charge in [-0.3, -0.25) is 4.79 Å². The molecule has 35 heavy (non-hydrogen) atoms. The number of H-pyrrole nitrogens is 1. The summed E-state index contributed by atoms with van der Waals surface area (Å²) < 4.78 is 0. The monoisotopic (exact) mass is 476 g/mol. The molecule has 0 unspecified atom stereocenters. The summed E-state index contributed by atoms with van der Waals surface area (Å²) in [6.07, 6.45) is 0.825. The third kappa shape index (κ3) is 3.75. The van der Waals surface area contributed by atoms with E-state index < -0.39 is 7.26 Å². The lowest BCUT2D eigenvalue weighted by molar-refractivity contribution is -0.127. The first-order valence-electron chi connectivity index (χ1n) is 12.0. The highest BCUT2D eigenvalue weighted by Crippen LogP contribution is 2.62. The van der Waals surface area contributed by atoms with Crippen molar-refractivity contribution in [2.75, 3.05) is 6.54 Å². The molecule has 1 aromatic heterocycles. The molecule has 1 aliphatic rings. The van der Waals surface area contributed by atoms with Crippen LogP contribution in [0.3, 0.4) is 0 Å². The van der Waals surface area contributed by atoms with Crippen LogP contribution in [0.4, 0.5) is 0 Å². The minimum absolute atomic E-state index is 0.112. The predicted molar refractivity (Wildman–Crippen MR) is 145 cm³/mol. The molecule has 0 bridgehead atoms. The highest BCUT2D eigenvalue weighted by Gasteiger charge is 2.58. The summed E-state index contributed by atoms with van der Waals surface area (Å²) in [7, 11) is -2.25. The number of fused-ring (bicyclic) bond motifs is 1. The molecule has 0 aliphatic carbocycles. The zero-order valence-corrected chi connectivity index (χ0v) is 20.3. The van der Waals surface area contributed by atoms with Crippen molar-refractivity contribution < 1.29 is 4.79 Å². The summed E-state index contributed by atoms with van der Waals surface area (Å²) in [5.74, 6) is 1.05.